The number of nitrogens with zero attached hydrogens (tertiary/aromatic N) is 3. The van der Waals surface area contributed by atoms with Gasteiger partial charge >= 0.3 is 12.1 Å². The number of ether oxygens (including phenoxy) is 2. The van der Waals surface area contributed by atoms with Crippen LogP contribution in [0.2, 0.25) is 0 Å². The van der Waals surface area contributed by atoms with Gasteiger partial charge in [0.25, 0.3) is 5.91 Å². The molecule has 1 atom stereocenters. The predicted octanol–water partition coefficient (Wildman–Crippen LogP) is 2.28. The maximum absolute atomic E-state index is 13.2. The van der Waals surface area contributed by atoms with Crippen molar-refractivity contribution in [2.24, 2.45) is 0 Å². The molecular weight excluding hydrogens is 400 g/mol. The van der Waals surface area contributed by atoms with Crippen LogP contribution in [0, 0.1) is 0 Å². The molecule has 0 saturated carbocycles. The molecule has 1 N–H and O–H groups in total. The lowest BCUT2D eigenvalue weighted by Gasteiger charge is -2.38. The van der Waals surface area contributed by atoms with E-state index in [0.29, 0.717) is 32.5 Å². The molecule has 2 fully saturated rings. The SMILES string of the molecule is CN(CCOc1ccccc1)CN1C(=O)NC2(CCCN(C(=O)OC(C)(C)C)C2)C1=O. The lowest BCUT2D eigenvalue weighted by molar-refractivity contribution is -0.134. The first-order chi connectivity index (χ1) is 14.6. The van der Waals surface area contributed by atoms with Crippen molar-refractivity contribution in [1.82, 2.24) is 20.0 Å². The smallest absolute Gasteiger partial charge is 0.410 e. The number of piperidine rings is 1. The van der Waals surface area contributed by atoms with Gasteiger partial charge in [-0.3, -0.25) is 9.69 Å². The van der Waals surface area contributed by atoms with E-state index in [1.54, 1.807) is 20.8 Å². The van der Waals surface area contributed by atoms with Gasteiger partial charge in [0.05, 0.1) is 13.2 Å². The minimum atomic E-state index is -1.09. The third-order valence-corrected chi connectivity index (χ3v) is 5.26. The van der Waals surface area contributed by atoms with E-state index in [2.05, 4.69) is 5.32 Å². The Hall–Kier alpha value is -2.81. The minimum absolute atomic E-state index is 0.115. The summed E-state index contributed by atoms with van der Waals surface area (Å²) >= 11 is 0. The topological polar surface area (TPSA) is 91.4 Å². The molecule has 1 aromatic rings. The molecule has 2 aliphatic rings. The highest BCUT2D eigenvalue weighted by Gasteiger charge is 2.54. The van der Waals surface area contributed by atoms with Crippen LogP contribution in [0.5, 0.6) is 5.75 Å². The van der Waals surface area contributed by atoms with Crippen molar-refractivity contribution in [3.63, 3.8) is 0 Å². The second-order valence-electron chi connectivity index (χ2n) is 9.13. The highest BCUT2D eigenvalue weighted by Crippen LogP contribution is 2.29. The number of hydrogen-bond donors (Lipinski definition) is 1. The second-order valence-corrected chi connectivity index (χ2v) is 9.13. The van der Waals surface area contributed by atoms with E-state index in [4.69, 9.17) is 9.47 Å². The first-order valence-electron chi connectivity index (χ1n) is 10.6. The van der Waals surface area contributed by atoms with Crippen LogP contribution in [0.3, 0.4) is 0 Å². The first kappa shape index (κ1) is 22.9. The fraction of sp³-hybridized carbons (Fsp3) is 0.591. The number of carbonyl (C=O) groups is 3. The number of amides is 4. The molecule has 2 aliphatic heterocycles. The molecule has 1 unspecified atom stereocenters. The number of carbonyl (C=O) groups excluding carboxylic acids is 3. The first-order valence-corrected chi connectivity index (χ1v) is 10.6. The Bertz CT molecular complexity index is 810. The second kappa shape index (κ2) is 9.13. The molecule has 2 saturated heterocycles. The fourth-order valence-corrected chi connectivity index (χ4v) is 3.77. The van der Waals surface area contributed by atoms with E-state index in [9.17, 15) is 14.4 Å². The Labute approximate surface area is 183 Å². The number of para-hydroxylation sites is 1. The van der Waals surface area contributed by atoms with Gasteiger partial charge in [-0.2, -0.15) is 0 Å². The van der Waals surface area contributed by atoms with Gasteiger partial charge in [0.2, 0.25) is 0 Å². The van der Waals surface area contributed by atoms with Crippen LogP contribution in [0.4, 0.5) is 9.59 Å². The molecule has 9 heteroatoms. The normalized spacial score (nSPS) is 21.6. The Morgan fingerprint density at radius 3 is 2.61 bits per heavy atom. The van der Waals surface area contributed by atoms with Gasteiger partial charge in [-0.15, -0.1) is 0 Å². The van der Waals surface area contributed by atoms with Crippen LogP contribution in [-0.2, 0) is 9.53 Å². The van der Waals surface area contributed by atoms with Gasteiger partial charge in [0.1, 0.15) is 23.5 Å². The molecule has 3 rings (SSSR count). The van der Waals surface area contributed by atoms with Crippen LogP contribution in [0.1, 0.15) is 33.6 Å². The van der Waals surface area contributed by atoms with E-state index in [-0.39, 0.29) is 19.1 Å². The van der Waals surface area contributed by atoms with Crippen molar-refractivity contribution in [1.29, 1.82) is 0 Å². The van der Waals surface area contributed by atoms with Crippen molar-refractivity contribution in [2.75, 3.05) is 40.0 Å². The summed E-state index contributed by atoms with van der Waals surface area (Å²) < 4.78 is 11.1. The molecule has 0 radical (unpaired) electrons. The highest BCUT2D eigenvalue weighted by atomic mass is 16.6. The maximum atomic E-state index is 13.2. The van der Waals surface area contributed by atoms with Crippen LogP contribution < -0.4 is 10.1 Å². The molecule has 1 aromatic carbocycles. The standard InChI is InChI=1S/C22H32N4O5/c1-21(2,3)31-20(29)25-12-8-11-22(15-25)18(27)26(19(28)23-22)16-24(4)13-14-30-17-9-6-5-7-10-17/h5-7,9-10H,8,11-16H2,1-4H3,(H,23,28). The summed E-state index contributed by atoms with van der Waals surface area (Å²) in [5, 5.41) is 2.83. The minimum Gasteiger partial charge on any atom is -0.492 e. The molecule has 0 aromatic heterocycles. The van der Waals surface area contributed by atoms with Gasteiger partial charge in [-0.1, -0.05) is 18.2 Å². The van der Waals surface area contributed by atoms with E-state index in [1.807, 2.05) is 42.3 Å². The number of likely N-dealkylation sites (N-methyl/N-ethyl adjacent to an activating group) is 1. The molecular formula is C22H32N4O5. The summed E-state index contributed by atoms with van der Waals surface area (Å²) in [6.45, 7) is 7.13. The molecule has 4 amide bonds. The average Bonchev–Trinajstić information content (AvgIpc) is 2.91. The molecule has 31 heavy (non-hydrogen) atoms. The summed E-state index contributed by atoms with van der Waals surface area (Å²) in [6, 6.07) is 9.03. The summed E-state index contributed by atoms with van der Waals surface area (Å²) in [6.07, 6.45) is 0.635. The molecule has 0 bridgehead atoms. The summed E-state index contributed by atoms with van der Waals surface area (Å²) in [5.41, 5.74) is -1.71. The number of nitrogens with one attached hydrogen (secondary N) is 1. The monoisotopic (exact) mass is 432 g/mol. The average molecular weight is 433 g/mol. The Kier molecular flexibility index (Phi) is 6.74. The van der Waals surface area contributed by atoms with Crippen molar-refractivity contribution < 1.29 is 23.9 Å². The zero-order valence-corrected chi connectivity index (χ0v) is 18.7. The number of urea groups is 1. The summed E-state index contributed by atoms with van der Waals surface area (Å²) in [4.78, 5) is 42.8. The molecule has 9 nitrogen and oxygen atoms in total. The quantitative estimate of drug-likeness (QED) is 0.694. The molecule has 2 heterocycles. The van der Waals surface area contributed by atoms with Gasteiger partial charge < -0.3 is 19.7 Å². The number of likely N-dealkylation sites (tertiary alicyclic amines) is 1. The van der Waals surface area contributed by atoms with Crippen molar-refractivity contribution >= 4 is 18.0 Å². The third-order valence-electron chi connectivity index (χ3n) is 5.26. The van der Waals surface area contributed by atoms with Crippen molar-refractivity contribution in [2.45, 2.75) is 44.8 Å². The fourth-order valence-electron chi connectivity index (χ4n) is 3.77. The number of rotatable bonds is 6. The molecule has 0 aliphatic carbocycles. The number of imide groups is 1. The van der Waals surface area contributed by atoms with E-state index < -0.39 is 23.3 Å². The van der Waals surface area contributed by atoms with Crippen molar-refractivity contribution in [3.8, 4) is 5.75 Å². The maximum Gasteiger partial charge on any atom is 0.410 e. The predicted molar refractivity (Wildman–Crippen MR) is 115 cm³/mol. The van der Waals surface area contributed by atoms with Gasteiger partial charge in [-0.05, 0) is 52.8 Å². The summed E-state index contributed by atoms with van der Waals surface area (Å²) in [5.74, 6) is 0.468. The van der Waals surface area contributed by atoms with Gasteiger partial charge in [0.15, 0.2) is 0 Å². The lowest BCUT2D eigenvalue weighted by atomic mass is 9.89. The zero-order valence-electron chi connectivity index (χ0n) is 18.7. The van der Waals surface area contributed by atoms with E-state index in [0.717, 1.165) is 5.75 Å². The Morgan fingerprint density at radius 2 is 1.94 bits per heavy atom. The van der Waals surface area contributed by atoms with Crippen LogP contribution in [0.15, 0.2) is 30.3 Å². The van der Waals surface area contributed by atoms with E-state index in [1.165, 1.54) is 9.80 Å². The molecule has 170 valence electrons. The van der Waals surface area contributed by atoms with Crippen LogP contribution in [0.25, 0.3) is 0 Å². The van der Waals surface area contributed by atoms with E-state index >= 15 is 0 Å². The highest BCUT2D eigenvalue weighted by molar-refractivity contribution is 6.07. The number of hydrogen-bond acceptors (Lipinski definition) is 6. The lowest BCUT2D eigenvalue weighted by Crippen LogP contribution is -2.60. The third kappa shape index (κ3) is 5.66. The Morgan fingerprint density at radius 1 is 1.23 bits per heavy atom. The van der Waals surface area contributed by atoms with Gasteiger partial charge in [-0.25, -0.2) is 14.5 Å². The number of benzene rings is 1. The van der Waals surface area contributed by atoms with Gasteiger partial charge in [0, 0.05) is 13.1 Å². The van der Waals surface area contributed by atoms with Crippen molar-refractivity contribution in [3.05, 3.63) is 30.3 Å². The Balaban J connectivity index is 1.56. The van der Waals surface area contributed by atoms with Crippen LogP contribution in [-0.4, -0.2) is 83.8 Å². The zero-order chi connectivity index (χ0) is 22.6. The molecule has 1 spiro atoms. The largest absolute Gasteiger partial charge is 0.492 e. The summed E-state index contributed by atoms with van der Waals surface area (Å²) in [7, 11) is 1.83. The van der Waals surface area contributed by atoms with Crippen LogP contribution >= 0.6 is 0 Å².